The molecule has 0 fully saturated rings. The highest BCUT2D eigenvalue weighted by atomic mass is 16.7. The van der Waals surface area contributed by atoms with Crippen LogP contribution in [0.1, 0.15) is 39.3 Å². The number of carbonyl (C=O) groups excluding carboxylic acids is 1. The van der Waals surface area contributed by atoms with Crippen LogP contribution in [0.4, 0.5) is 4.79 Å². The zero-order valence-electron chi connectivity index (χ0n) is 11.5. The van der Waals surface area contributed by atoms with E-state index in [2.05, 4.69) is 0 Å². The SMILES string of the molecule is CC(c1ccccc1)N(C(=O)OC(C)(C)C)[N+](=O)[O-]. The molecule has 1 aromatic carbocycles. The van der Waals surface area contributed by atoms with Crippen LogP contribution in [0.2, 0.25) is 0 Å². The van der Waals surface area contributed by atoms with E-state index in [0.29, 0.717) is 10.6 Å². The number of nitrogens with zero attached hydrogens (tertiary/aromatic N) is 2. The van der Waals surface area contributed by atoms with Gasteiger partial charge in [-0.2, -0.15) is 0 Å². The molecular weight excluding hydrogens is 248 g/mol. The van der Waals surface area contributed by atoms with Gasteiger partial charge in [0.05, 0.1) is 0 Å². The standard InChI is InChI=1S/C13H18N2O4/c1-10(11-8-6-5-7-9-11)14(15(17)18)12(16)19-13(2,3)4/h5-10H,1-4H3. The third-order valence-electron chi connectivity index (χ3n) is 2.41. The zero-order chi connectivity index (χ0) is 14.6. The maximum atomic E-state index is 11.9. The molecule has 1 unspecified atom stereocenters. The summed E-state index contributed by atoms with van der Waals surface area (Å²) in [6, 6.07) is 8.08. The molecule has 0 radical (unpaired) electrons. The lowest BCUT2D eigenvalue weighted by atomic mass is 10.1. The predicted octanol–water partition coefficient (Wildman–Crippen LogP) is 3.18. The Labute approximate surface area is 112 Å². The number of nitro groups is 1. The average molecular weight is 266 g/mol. The van der Waals surface area contributed by atoms with E-state index in [9.17, 15) is 14.9 Å². The summed E-state index contributed by atoms with van der Waals surface area (Å²) in [5.74, 6) is 0. The molecule has 1 rings (SSSR count). The van der Waals surface area contributed by atoms with Gasteiger partial charge in [-0.1, -0.05) is 30.3 Å². The minimum Gasteiger partial charge on any atom is -0.440 e. The van der Waals surface area contributed by atoms with Gasteiger partial charge in [0.25, 0.3) is 0 Å². The van der Waals surface area contributed by atoms with Gasteiger partial charge in [0.2, 0.25) is 0 Å². The van der Waals surface area contributed by atoms with E-state index in [-0.39, 0.29) is 0 Å². The monoisotopic (exact) mass is 266 g/mol. The second-order valence-corrected chi connectivity index (χ2v) is 5.15. The minimum absolute atomic E-state index is 0.501. The molecule has 0 bridgehead atoms. The third kappa shape index (κ3) is 4.24. The predicted molar refractivity (Wildman–Crippen MR) is 69.9 cm³/mol. The normalized spacial score (nSPS) is 12.6. The summed E-state index contributed by atoms with van der Waals surface area (Å²) >= 11 is 0. The number of benzene rings is 1. The van der Waals surface area contributed by atoms with E-state index >= 15 is 0 Å². The highest BCUT2D eigenvalue weighted by molar-refractivity contribution is 5.67. The van der Waals surface area contributed by atoms with Crippen LogP contribution in [-0.4, -0.2) is 21.7 Å². The van der Waals surface area contributed by atoms with Crippen LogP contribution in [-0.2, 0) is 4.74 Å². The topological polar surface area (TPSA) is 72.7 Å². The Kier molecular flexibility index (Phi) is 4.47. The first kappa shape index (κ1) is 14.9. The molecule has 0 heterocycles. The van der Waals surface area contributed by atoms with Crippen molar-refractivity contribution in [1.29, 1.82) is 0 Å². The minimum atomic E-state index is -0.964. The number of hydrogen-bond donors (Lipinski definition) is 0. The van der Waals surface area contributed by atoms with Gasteiger partial charge < -0.3 is 4.74 Å². The fourth-order valence-electron chi connectivity index (χ4n) is 1.55. The van der Waals surface area contributed by atoms with Crippen LogP contribution in [0.25, 0.3) is 0 Å². The molecule has 104 valence electrons. The van der Waals surface area contributed by atoms with Crippen molar-refractivity contribution >= 4 is 6.09 Å². The number of carbonyl (C=O) groups is 1. The Balaban J connectivity index is 2.96. The molecule has 0 aliphatic carbocycles. The number of amides is 1. The second-order valence-electron chi connectivity index (χ2n) is 5.15. The lowest BCUT2D eigenvalue weighted by Gasteiger charge is -2.24. The van der Waals surface area contributed by atoms with E-state index in [1.807, 2.05) is 0 Å². The Morgan fingerprint density at radius 1 is 1.32 bits per heavy atom. The molecule has 19 heavy (non-hydrogen) atoms. The average Bonchev–Trinajstić information content (AvgIpc) is 2.27. The molecule has 0 saturated carbocycles. The lowest BCUT2D eigenvalue weighted by Crippen LogP contribution is -2.42. The molecule has 0 aliphatic rings. The smallest absolute Gasteiger partial charge is 0.440 e. The van der Waals surface area contributed by atoms with Gasteiger partial charge in [-0.05, 0) is 38.3 Å². The summed E-state index contributed by atoms with van der Waals surface area (Å²) in [6.45, 7) is 6.57. The van der Waals surface area contributed by atoms with Crippen molar-refractivity contribution in [2.45, 2.75) is 39.3 Å². The van der Waals surface area contributed by atoms with E-state index in [1.165, 1.54) is 0 Å². The summed E-state index contributed by atoms with van der Waals surface area (Å²) < 4.78 is 5.05. The molecule has 0 N–H and O–H groups in total. The van der Waals surface area contributed by atoms with Gasteiger partial charge in [-0.25, -0.2) is 14.9 Å². The Morgan fingerprint density at radius 2 is 1.84 bits per heavy atom. The van der Waals surface area contributed by atoms with E-state index in [0.717, 1.165) is 0 Å². The Morgan fingerprint density at radius 3 is 2.26 bits per heavy atom. The summed E-state index contributed by atoms with van der Waals surface area (Å²) in [6.07, 6.45) is -0.964. The number of hydrogen-bond acceptors (Lipinski definition) is 4. The quantitative estimate of drug-likeness (QED) is 0.622. The van der Waals surface area contributed by atoms with Gasteiger partial charge >= 0.3 is 6.09 Å². The number of ether oxygens (including phenoxy) is 1. The molecule has 0 aliphatic heterocycles. The summed E-state index contributed by atoms with van der Waals surface area (Å²) in [5, 5.41) is 10.8. The van der Waals surface area contributed by atoms with Crippen molar-refractivity contribution in [3.05, 3.63) is 46.0 Å². The van der Waals surface area contributed by atoms with Crippen molar-refractivity contribution in [3.63, 3.8) is 0 Å². The molecular formula is C13H18N2O4. The number of rotatable bonds is 3. The van der Waals surface area contributed by atoms with Gasteiger partial charge in [-0.15, -0.1) is 0 Å². The largest absolute Gasteiger partial charge is 0.469 e. The first-order chi connectivity index (χ1) is 8.72. The van der Waals surface area contributed by atoms with Crippen LogP contribution in [0.5, 0.6) is 0 Å². The van der Waals surface area contributed by atoms with Crippen molar-refractivity contribution < 1.29 is 14.6 Å². The fraction of sp³-hybridized carbons (Fsp3) is 0.462. The molecule has 0 spiro atoms. The van der Waals surface area contributed by atoms with E-state index < -0.39 is 22.8 Å². The van der Waals surface area contributed by atoms with Gasteiger partial charge in [0, 0.05) is 0 Å². The lowest BCUT2D eigenvalue weighted by molar-refractivity contribution is -0.645. The Bertz CT molecular complexity index is 453. The molecule has 0 aromatic heterocycles. The fourth-order valence-corrected chi connectivity index (χ4v) is 1.55. The van der Waals surface area contributed by atoms with E-state index in [1.54, 1.807) is 58.0 Å². The van der Waals surface area contributed by atoms with Crippen LogP contribution in [0.15, 0.2) is 30.3 Å². The van der Waals surface area contributed by atoms with E-state index in [4.69, 9.17) is 4.74 Å². The van der Waals surface area contributed by atoms with Gasteiger partial charge in [0.15, 0.2) is 5.03 Å². The van der Waals surface area contributed by atoms with Crippen molar-refractivity contribution in [1.82, 2.24) is 5.01 Å². The highest BCUT2D eigenvalue weighted by Crippen LogP contribution is 2.22. The molecule has 0 saturated heterocycles. The maximum Gasteiger partial charge on any atom is 0.469 e. The summed E-state index contributed by atoms with van der Waals surface area (Å²) in [7, 11) is 0. The molecule has 6 nitrogen and oxygen atoms in total. The molecule has 1 amide bonds. The van der Waals surface area contributed by atoms with Gasteiger partial charge in [-0.3, -0.25) is 0 Å². The zero-order valence-corrected chi connectivity index (χ0v) is 11.5. The molecule has 1 aromatic rings. The highest BCUT2D eigenvalue weighted by Gasteiger charge is 2.35. The van der Waals surface area contributed by atoms with Crippen molar-refractivity contribution in [2.24, 2.45) is 0 Å². The maximum absolute atomic E-state index is 11.9. The first-order valence-corrected chi connectivity index (χ1v) is 5.94. The van der Waals surface area contributed by atoms with Crippen LogP contribution in [0, 0.1) is 10.1 Å². The van der Waals surface area contributed by atoms with Crippen LogP contribution < -0.4 is 0 Å². The summed E-state index contributed by atoms with van der Waals surface area (Å²) in [4.78, 5) is 22.9. The third-order valence-corrected chi connectivity index (χ3v) is 2.41. The summed E-state index contributed by atoms with van der Waals surface area (Å²) in [5.41, 5.74) is -0.105. The Hall–Kier alpha value is -2.11. The molecule has 1 atom stereocenters. The van der Waals surface area contributed by atoms with Crippen molar-refractivity contribution in [2.75, 3.05) is 0 Å². The van der Waals surface area contributed by atoms with Crippen molar-refractivity contribution in [3.8, 4) is 0 Å². The van der Waals surface area contributed by atoms with Crippen LogP contribution in [0.3, 0.4) is 0 Å². The molecule has 6 heteroatoms. The van der Waals surface area contributed by atoms with Gasteiger partial charge in [0.1, 0.15) is 11.6 Å². The first-order valence-electron chi connectivity index (χ1n) is 5.94. The number of hydrazine groups is 1. The second kappa shape index (κ2) is 5.69. The van der Waals surface area contributed by atoms with Crippen LogP contribution >= 0.6 is 0 Å².